The average Bonchev–Trinajstić information content (AvgIpc) is 2.62. The van der Waals surface area contributed by atoms with Crippen LogP contribution in [0.1, 0.15) is 5.56 Å². The van der Waals surface area contributed by atoms with Gasteiger partial charge in [-0.25, -0.2) is 0 Å². The molecular formula is C19H14N2O. The van der Waals surface area contributed by atoms with Crippen LogP contribution in [0.15, 0.2) is 66.9 Å². The number of hydrogen-bond acceptors (Lipinski definition) is 3. The highest BCUT2D eigenvalue weighted by Gasteiger charge is 2.09. The van der Waals surface area contributed by atoms with Crippen LogP contribution < -0.4 is 4.74 Å². The lowest BCUT2D eigenvalue weighted by Crippen LogP contribution is -1.90. The molecule has 0 aliphatic heterocycles. The number of nitrogens with zero attached hydrogens (tertiary/aromatic N) is 2. The molecule has 0 aliphatic rings. The standard InChI is InChI=1S/C19H14N2O/c1-22-16-8-6-15(7-9-16)18-12-14(13-20)5-10-17(18)19-4-2-3-11-21-19/h2-12H,1H3. The van der Waals surface area contributed by atoms with E-state index in [9.17, 15) is 0 Å². The first-order valence-corrected chi connectivity index (χ1v) is 6.92. The summed E-state index contributed by atoms with van der Waals surface area (Å²) in [5.74, 6) is 0.805. The number of nitriles is 1. The minimum absolute atomic E-state index is 0.630. The third kappa shape index (κ3) is 2.68. The molecule has 0 spiro atoms. The molecule has 0 N–H and O–H groups in total. The van der Waals surface area contributed by atoms with E-state index in [2.05, 4.69) is 11.1 Å². The molecule has 0 unspecified atom stereocenters. The summed E-state index contributed by atoms with van der Waals surface area (Å²) in [5.41, 5.74) is 4.53. The van der Waals surface area contributed by atoms with Crippen molar-refractivity contribution in [2.24, 2.45) is 0 Å². The van der Waals surface area contributed by atoms with Gasteiger partial charge in [0, 0.05) is 11.8 Å². The van der Waals surface area contributed by atoms with E-state index in [1.54, 1.807) is 13.3 Å². The molecule has 0 saturated carbocycles. The zero-order valence-corrected chi connectivity index (χ0v) is 12.2. The Morgan fingerprint density at radius 3 is 2.41 bits per heavy atom. The van der Waals surface area contributed by atoms with Crippen molar-refractivity contribution in [2.75, 3.05) is 7.11 Å². The van der Waals surface area contributed by atoms with Gasteiger partial charge in [0.2, 0.25) is 0 Å². The van der Waals surface area contributed by atoms with Gasteiger partial charge in [-0.2, -0.15) is 5.26 Å². The Morgan fingerprint density at radius 1 is 0.955 bits per heavy atom. The maximum Gasteiger partial charge on any atom is 0.118 e. The van der Waals surface area contributed by atoms with E-state index in [1.165, 1.54) is 0 Å². The topological polar surface area (TPSA) is 45.9 Å². The van der Waals surface area contributed by atoms with Crippen molar-refractivity contribution in [3.63, 3.8) is 0 Å². The number of aromatic nitrogens is 1. The summed E-state index contributed by atoms with van der Waals surface area (Å²) in [6, 6.07) is 21.5. The molecule has 0 radical (unpaired) electrons. The Labute approximate surface area is 129 Å². The third-order valence-electron chi connectivity index (χ3n) is 3.49. The molecule has 0 amide bonds. The Balaban J connectivity index is 2.17. The third-order valence-corrected chi connectivity index (χ3v) is 3.49. The molecule has 106 valence electrons. The first-order chi connectivity index (χ1) is 10.8. The van der Waals surface area contributed by atoms with Crippen molar-refractivity contribution in [1.82, 2.24) is 4.98 Å². The molecule has 3 aromatic rings. The Bertz CT molecular complexity index is 818. The van der Waals surface area contributed by atoms with E-state index in [0.29, 0.717) is 5.56 Å². The molecule has 3 heteroatoms. The molecule has 22 heavy (non-hydrogen) atoms. The van der Waals surface area contributed by atoms with Gasteiger partial charge < -0.3 is 4.74 Å². The highest BCUT2D eigenvalue weighted by molar-refractivity contribution is 5.83. The van der Waals surface area contributed by atoms with Crippen molar-refractivity contribution < 1.29 is 4.74 Å². The average molecular weight is 286 g/mol. The van der Waals surface area contributed by atoms with Gasteiger partial charge in [0.1, 0.15) is 5.75 Å². The quantitative estimate of drug-likeness (QED) is 0.721. The molecule has 3 rings (SSSR count). The molecule has 0 bridgehead atoms. The van der Waals surface area contributed by atoms with Gasteiger partial charge in [-0.15, -0.1) is 0 Å². The van der Waals surface area contributed by atoms with Gasteiger partial charge in [-0.3, -0.25) is 4.98 Å². The Morgan fingerprint density at radius 2 is 1.77 bits per heavy atom. The SMILES string of the molecule is COc1ccc(-c2cc(C#N)ccc2-c2ccccn2)cc1. The summed E-state index contributed by atoms with van der Waals surface area (Å²) in [4.78, 5) is 4.42. The van der Waals surface area contributed by atoms with E-state index in [1.807, 2.05) is 60.7 Å². The van der Waals surface area contributed by atoms with Crippen LogP contribution in [-0.2, 0) is 0 Å². The van der Waals surface area contributed by atoms with Crippen molar-refractivity contribution in [3.8, 4) is 34.2 Å². The van der Waals surface area contributed by atoms with E-state index >= 15 is 0 Å². The summed E-state index contributed by atoms with van der Waals surface area (Å²) in [6.07, 6.45) is 1.77. The van der Waals surface area contributed by atoms with Crippen molar-refractivity contribution in [1.29, 1.82) is 5.26 Å². The Kier molecular flexibility index (Phi) is 3.84. The summed E-state index contributed by atoms with van der Waals surface area (Å²) in [6.45, 7) is 0. The first kappa shape index (κ1) is 13.8. The van der Waals surface area contributed by atoms with Crippen LogP contribution in [0.4, 0.5) is 0 Å². The molecular weight excluding hydrogens is 272 g/mol. The first-order valence-electron chi connectivity index (χ1n) is 6.92. The van der Waals surface area contributed by atoms with E-state index in [0.717, 1.165) is 28.1 Å². The molecule has 0 saturated heterocycles. The van der Waals surface area contributed by atoms with Crippen molar-refractivity contribution in [3.05, 3.63) is 72.4 Å². The number of ether oxygens (including phenoxy) is 1. The van der Waals surface area contributed by atoms with Crippen LogP contribution in [0.25, 0.3) is 22.4 Å². The molecule has 0 fully saturated rings. The lowest BCUT2D eigenvalue weighted by Gasteiger charge is -2.10. The van der Waals surface area contributed by atoms with Crippen LogP contribution in [0, 0.1) is 11.3 Å². The number of methoxy groups -OCH3 is 1. The number of pyridine rings is 1. The van der Waals surface area contributed by atoms with Crippen LogP contribution in [0.2, 0.25) is 0 Å². The second-order valence-corrected chi connectivity index (χ2v) is 4.82. The number of hydrogen-bond donors (Lipinski definition) is 0. The van der Waals surface area contributed by atoms with Crippen molar-refractivity contribution in [2.45, 2.75) is 0 Å². The van der Waals surface area contributed by atoms with Gasteiger partial charge in [-0.05, 0) is 47.5 Å². The number of rotatable bonds is 3. The maximum atomic E-state index is 9.17. The molecule has 0 atom stereocenters. The van der Waals surface area contributed by atoms with Crippen LogP contribution >= 0.6 is 0 Å². The van der Waals surface area contributed by atoms with Gasteiger partial charge in [0.15, 0.2) is 0 Å². The second kappa shape index (κ2) is 6.11. The highest BCUT2D eigenvalue weighted by Crippen LogP contribution is 2.32. The molecule has 0 aliphatic carbocycles. The fourth-order valence-corrected chi connectivity index (χ4v) is 2.37. The predicted molar refractivity (Wildman–Crippen MR) is 86.4 cm³/mol. The molecule has 2 aromatic carbocycles. The zero-order chi connectivity index (χ0) is 15.4. The maximum absolute atomic E-state index is 9.17. The highest BCUT2D eigenvalue weighted by atomic mass is 16.5. The summed E-state index contributed by atoms with van der Waals surface area (Å²) in [5, 5.41) is 9.17. The van der Waals surface area contributed by atoms with E-state index in [-0.39, 0.29) is 0 Å². The fraction of sp³-hybridized carbons (Fsp3) is 0.0526. The summed E-state index contributed by atoms with van der Waals surface area (Å²) in [7, 11) is 1.64. The normalized spacial score (nSPS) is 10.0. The monoisotopic (exact) mass is 286 g/mol. The lowest BCUT2D eigenvalue weighted by atomic mass is 9.95. The second-order valence-electron chi connectivity index (χ2n) is 4.82. The van der Waals surface area contributed by atoms with Gasteiger partial charge in [0.25, 0.3) is 0 Å². The van der Waals surface area contributed by atoms with Crippen LogP contribution in [-0.4, -0.2) is 12.1 Å². The largest absolute Gasteiger partial charge is 0.497 e. The van der Waals surface area contributed by atoms with Crippen molar-refractivity contribution >= 4 is 0 Å². The van der Waals surface area contributed by atoms with E-state index in [4.69, 9.17) is 10.00 Å². The minimum Gasteiger partial charge on any atom is -0.497 e. The predicted octanol–water partition coefficient (Wildman–Crippen LogP) is 4.30. The zero-order valence-electron chi connectivity index (χ0n) is 12.2. The summed E-state index contributed by atoms with van der Waals surface area (Å²) >= 11 is 0. The molecule has 3 nitrogen and oxygen atoms in total. The van der Waals surface area contributed by atoms with Crippen LogP contribution in [0.5, 0.6) is 5.75 Å². The van der Waals surface area contributed by atoms with Crippen LogP contribution in [0.3, 0.4) is 0 Å². The minimum atomic E-state index is 0.630. The van der Waals surface area contributed by atoms with Gasteiger partial charge >= 0.3 is 0 Å². The van der Waals surface area contributed by atoms with Gasteiger partial charge in [0.05, 0.1) is 24.4 Å². The smallest absolute Gasteiger partial charge is 0.118 e. The number of benzene rings is 2. The lowest BCUT2D eigenvalue weighted by molar-refractivity contribution is 0.415. The molecule has 1 heterocycles. The van der Waals surface area contributed by atoms with E-state index < -0.39 is 0 Å². The Hall–Kier alpha value is -3.12. The molecule has 1 aromatic heterocycles. The summed E-state index contributed by atoms with van der Waals surface area (Å²) < 4.78 is 5.20. The van der Waals surface area contributed by atoms with Gasteiger partial charge in [-0.1, -0.05) is 24.3 Å². The fourth-order valence-electron chi connectivity index (χ4n) is 2.37.